The number of ether oxygens (including phenoxy) is 1. The molecule has 1 fully saturated rings. The summed E-state index contributed by atoms with van der Waals surface area (Å²) in [4.78, 5) is 37.4. The summed E-state index contributed by atoms with van der Waals surface area (Å²) in [6.45, 7) is 0. The monoisotopic (exact) mass is 444 g/mol. The molecule has 1 N–H and O–H groups in total. The van der Waals surface area contributed by atoms with E-state index in [1.54, 1.807) is 62.1 Å². The predicted octanol–water partition coefficient (Wildman–Crippen LogP) is 4.32. The third-order valence-corrected chi connectivity index (χ3v) is 5.89. The Labute approximate surface area is 193 Å². The maximum absolute atomic E-state index is 13.8. The van der Waals surface area contributed by atoms with Crippen molar-refractivity contribution in [3.63, 3.8) is 0 Å². The molecule has 33 heavy (non-hydrogen) atoms. The molecule has 2 aromatic heterocycles. The minimum absolute atomic E-state index is 0.0973. The van der Waals surface area contributed by atoms with Gasteiger partial charge in [-0.2, -0.15) is 0 Å². The lowest BCUT2D eigenvalue weighted by Gasteiger charge is -2.33. The second-order valence-corrected chi connectivity index (χ2v) is 8.12. The SMILES string of the molecule is COc1cccc([C@H](C(=O)NC2CCCCC2)N(C(=O)c2ccccn2)c2cccnc2)c1. The molecule has 7 heteroatoms. The summed E-state index contributed by atoms with van der Waals surface area (Å²) >= 11 is 0. The highest BCUT2D eigenvalue weighted by molar-refractivity contribution is 6.09. The van der Waals surface area contributed by atoms with Gasteiger partial charge >= 0.3 is 0 Å². The van der Waals surface area contributed by atoms with Gasteiger partial charge in [0.25, 0.3) is 5.91 Å². The minimum Gasteiger partial charge on any atom is -0.497 e. The van der Waals surface area contributed by atoms with Crippen LogP contribution in [0.15, 0.2) is 73.2 Å². The second-order valence-electron chi connectivity index (χ2n) is 8.12. The summed E-state index contributed by atoms with van der Waals surface area (Å²) in [5.74, 6) is -0.00195. The van der Waals surface area contributed by atoms with Crippen molar-refractivity contribution in [2.75, 3.05) is 12.0 Å². The first-order valence-electron chi connectivity index (χ1n) is 11.3. The molecule has 0 unspecified atom stereocenters. The number of hydrogen-bond donors (Lipinski definition) is 1. The summed E-state index contributed by atoms with van der Waals surface area (Å²) in [6.07, 6.45) is 10.0. The Morgan fingerprint density at radius 1 is 1.03 bits per heavy atom. The zero-order valence-corrected chi connectivity index (χ0v) is 18.7. The number of amides is 2. The lowest BCUT2D eigenvalue weighted by Crippen LogP contribution is -2.47. The molecular weight excluding hydrogens is 416 g/mol. The first-order chi connectivity index (χ1) is 16.2. The molecule has 1 aromatic carbocycles. The van der Waals surface area contributed by atoms with Crippen LogP contribution in [0.4, 0.5) is 5.69 Å². The lowest BCUT2D eigenvalue weighted by atomic mass is 9.94. The number of nitrogens with one attached hydrogen (secondary N) is 1. The average molecular weight is 445 g/mol. The smallest absolute Gasteiger partial charge is 0.277 e. The van der Waals surface area contributed by atoms with Gasteiger partial charge in [0.1, 0.15) is 17.5 Å². The summed E-state index contributed by atoms with van der Waals surface area (Å²) in [5, 5.41) is 3.20. The molecule has 1 saturated carbocycles. The Kier molecular flexibility index (Phi) is 7.29. The molecule has 0 aliphatic heterocycles. The largest absolute Gasteiger partial charge is 0.497 e. The van der Waals surface area contributed by atoms with Crippen LogP contribution in [0.3, 0.4) is 0 Å². The van der Waals surface area contributed by atoms with Crippen molar-refractivity contribution in [1.82, 2.24) is 15.3 Å². The third-order valence-electron chi connectivity index (χ3n) is 5.89. The molecule has 0 radical (unpaired) electrons. The van der Waals surface area contributed by atoms with E-state index in [2.05, 4.69) is 15.3 Å². The second kappa shape index (κ2) is 10.7. The number of carbonyl (C=O) groups excluding carboxylic acids is 2. The maximum Gasteiger partial charge on any atom is 0.277 e. The average Bonchev–Trinajstić information content (AvgIpc) is 2.88. The fraction of sp³-hybridized carbons (Fsp3) is 0.308. The van der Waals surface area contributed by atoms with Crippen molar-refractivity contribution in [2.45, 2.75) is 44.2 Å². The number of anilines is 1. The van der Waals surface area contributed by atoms with Crippen LogP contribution in [0.2, 0.25) is 0 Å². The molecule has 3 aromatic rings. The van der Waals surface area contributed by atoms with E-state index in [9.17, 15) is 9.59 Å². The van der Waals surface area contributed by atoms with Gasteiger partial charge in [-0.25, -0.2) is 0 Å². The fourth-order valence-corrected chi connectivity index (χ4v) is 4.25. The number of methoxy groups -OCH3 is 1. The van der Waals surface area contributed by atoms with Gasteiger partial charge in [0.15, 0.2) is 0 Å². The summed E-state index contributed by atoms with van der Waals surface area (Å²) in [5.41, 5.74) is 1.41. The number of hydrogen-bond acceptors (Lipinski definition) is 5. The van der Waals surface area contributed by atoms with Crippen LogP contribution < -0.4 is 15.0 Å². The quantitative estimate of drug-likeness (QED) is 0.587. The molecule has 2 amide bonds. The van der Waals surface area contributed by atoms with Crippen LogP contribution in [0, 0.1) is 0 Å². The maximum atomic E-state index is 13.8. The zero-order chi connectivity index (χ0) is 23.0. The van der Waals surface area contributed by atoms with Crippen LogP contribution in [-0.4, -0.2) is 34.9 Å². The van der Waals surface area contributed by atoms with Gasteiger partial charge in [-0.3, -0.25) is 24.5 Å². The number of rotatable bonds is 7. The van der Waals surface area contributed by atoms with Crippen molar-refractivity contribution in [1.29, 1.82) is 0 Å². The first kappa shape index (κ1) is 22.5. The van der Waals surface area contributed by atoms with Gasteiger partial charge in [0.05, 0.1) is 19.0 Å². The van der Waals surface area contributed by atoms with E-state index in [1.165, 1.54) is 11.3 Å². The highest BCUT2D eigenvalue weighted by atomic mass is 16.5. The van der Waals surface area contributed by atoms with E-state index in [1.807, 2.05) is 18.2 Å². The molecule has 1 aliphatic carbocycles. The molecule has 4 rings (SSSR count). The normalized spacial score (nSPS) is 14.8. The van der Waals surface area contributed by atoms with Gasteiger partial charge in [-0.15, -0.1) is 0 Å². The highest BCUT2D eigenvalue weighted by Gasteiger charge is 2.35. The van der Waals surface area contributed by atoms with Crippen LogP contribution in [0.5, 0.6) is 5.75 Å². The van der Waals surface area contributed by atoms with E-state index in [-0.39, 0.29) is 23.6 Å². The van der Waals surface area contributed by atoms with Gasteiger partial charge < -0.3 is 10.1 Å². The topological polar surface area (TPSA) is 84.4 Å². The van der Waals surface area contributed by atoms with Crippen molar-refractivity contribution in [3.8, 4) is 5.75 Å². The first-order valence-corrected chi connectivity index (χ1v) is 11.3. The molecular formula is C26H28N4O3. The van der Waals surface area contributed by atoms with Crippen LogP contribution in [0.1, 0.15) is 54.2 Å². The molecule has 170 valence electrons. The Balaban J connectivity index is 1.79. The Morgan fingerprint density at radius 3 is 2.58 bits per heavy atom. The van der Waals surface area contributed by atoms with Crippen LogP contribution in [-0.2, 0) is 4.79 Å². The van der Waals surface area contributed by atoms with Gasteiger partial charge in [0.2, 0.25) is 5.91 Å². The number of nitrogens with zero attached hydrogens (tertiary/aromatic N) is 3. The Morgan fingerprint density at radius 2 is 1.88 bits per heavy atom. The molecule has 1 atom stereocenters. The third kappa shape index (κ3) is 5.37. The molecule has 0 saturated heterocycles. The van der Waals surface area contributed by atoms with E-state index in [4.69, 9.17) is 4.74 Å². The van der Waals surface area contributed by atoms with E-state index >= 15 is 0 Å². The molecule has 0 spiro atoms. The van der Waals surface area contributed by atoms with Crippen molar-refractivity contribution < 1.29 is 14.3 Å². The van der Waals surface area contributed by atoms with Gasteiger partial charge in [-0.1, -0.05) is 37.5 Å². The molecule has 1 aliphatic rings. The minimum atomic E-state index is -0.916. The molecule has 7 nitrogen and oxygen atoms in total. The van der Waals surface area contributed by atoms with Gasteiger partial charge in [-0.05, 0) is 54.8 Å². The standard InChI is InChI=1S/C26H28N4O3/c1-33-22-13-7-9-19(17-22)24(25(31)29-20-10-3-2-4-11-20)30(21-12-8-15-27-18-21)26(32)23-14-5-6-16-28-23/h5-9,12-18,20,24H,2-4,10-11H2,1H3,(H,29,31)/t24-/m1/s1. The van der Waals surface area contributed by atoms with E-state index in [0.717, 1.165) is 25.7 Å². The Bertz CT molecular complexity index is 1070. The number of carbonyl (C=O) groups is 2. The lowest BCUT2D eigenvalue weighted by molar-refractivity contribution is -0.123. The Hall–Kier alpha value is -3.74. The van der Waals surface area contributed by atoms with Crippen LogP contribution >= 0.6 is 0 Å². The number of pyridine rings is 2. The van der Waals surface area contributed by atoms with Crippen molar-refractivity contribution in [2.24, 2.45) is 0 Å². The molecule has 0 bridgehead atoms. The van der Waals surface area contributed by atoms with E-state index in [0.29, 0.717) is 17.0 Å². The fourth-order valence-electron chi connectivity index (χ4n) is 4.25. The number of aromatic nitrogens is 2. The van der Waals surface area contributed by atoms with Crippen LogP contribution in [0.25, 0.3) is 0 Å². The van der Waals surface area contributed by atoms with Crippen molar-refractivity contribution >= 4 is 17.5 Å². The van der Waals surface area contributed by atoms with E-state index < -0.39 is 6.04 Å². The summed E-state index contributed by atoms with van der Waals surface area (Å²) < 4.78 is 5.41. The number of benzene rings is 1. The zero-order valence-electron chi connectivity index (χ0n) is 18.7. The summed E-state index contributed by atoms with van der Waals surface area (Å²) in [7, 11) is 1.58. The highest BCUT2D eigenvalue weighted by Crippen LogP contribution is 2.31. The molecule has 2 heterocycles. The van der Waals surface area contributed by atoms with Crippen molar-refractivity contribution in [3.05, 3.63) is 84.4 Å². The summed E-state index contributed by atoms with van der Waals surface area (Å²) in [6, 6.07) is 15.1. The van der Waals surface area contributed by atoms with Gasteiger partial charge in [0, 0.05) is 18.4 Å². The predicted molar refractivity (Wildman–Crippen MR) is 126 cm³/mol.